The molecule has 1 rings (SSSR count). The van der Waals surface area contributed by atoms with Gasteiger partial charge in [-0.1, -0.05) is 52.0 Å². The smallest absolute Gasteiger partial charge is 0.240 e. The van der Waals surface area contributed by atoms with Crippen LogP contribution >= 0.6 is 0 Å². The summed E-state index contributed by atoms with van der Waals surface area (Å²) in [6.45, 7) is 4.62. The second-order valence-electron chi connectivity index (χ2n) is 5.39. The van der Waals surface area contributed by atoms with Crippen LogP contribution in [-0.4, -0.2) is 15.0 Å². The number of anilines is 1. The number of sulfonamides is 1. The van der Waals surface area contributed by atoms with E-state index in [1.807, 2.05) is 6.92 Å². The monoisotopic (exact) mass is 312 g/mol. The van der Waals surface area contributed by atoms with Crippen molar-refractivity contribution in [2.45, 2.75) is 63.7 Å². The van der Waals surface area contributed by atoms with Gasteiger partial charge in [-0.3, -0.25) is 0 Å². The molecule has 0 atom stereocenters. The predicted octanol–water partition coefficient (Wildman–Crippen LogP) is 3.47. The number of nitrogen functional groups attached to an aromatic ring is 1. The standard InChI is InChI=1S/C16H28N2O2S/c1-3-5-6-7-8-9-12-18-21(19,20)16-13-15(17)11-10-14(16)4-2/h10-11,13,18H,3-9,12,17H2,1-2H3. The average molecular weight is 312 g/mol. The quantitative estimate of drug-likeness (QED) is 0.513. The molecule has 1 aromatic carbocycles. The molecule has 120 valence electrons. The van der Waals surface area contributed by atoms with Crippen molar-refractivity contribution < 1.29 is 8.42 Å². The van der Waals surface area contributed by atoms with Crippen LogP contribution in [0.1, 0.15) is 57.9 Å². The molecular formula is C16H28N2O2S. The lowest BCUT2D eigenvalue weighted by Gasteiger charge is -2.11. The first kappa shape index (κ1) is 18.0. The molecule has 0 spiro atoms. The van der Waals surface area contributed by atoms with Gasteiger partial charge < -0.3 is 5.73 Å². The molecule has 0 aliphatic rings. The van der Waals surface area contributed by atoms with Gasteiger partial charge in [0.15, 0.2) is 0 Å². The summed E-state index contributed by atoms with van der Waals surface area (Å²) in [6, 6.07) is 5.07. The van der Waals surface area contributed by atoms with Crippen molar-refractivity contribution in [3.8, 4) is 0 Å². The second-order valence-corrected chi connectivity index (χ2v) is 7.12. The summed E-state index contributed by atoms with van der Waals surface area (Å²) in [5.74, 6) is 0. The number of hydrogen-bond donors (Lipinski definition) is 2. The van der Waals surface area contributed by atoms with Crippen molar-refractivity contribution in [2.75, 3.05) is 12.3 Å². The average Bonchev–Trinajstić information content (AvgIpc) is 2.46. The van der Waals surface area contributed by atoms with E-state index in [1.165, 1.54) is 25.7 Å². The first-order valence-corrected chi connectivity index (χ1v) is 9.37. The van der Waals surface area contributed by atoms with E-state index in [2.05, 4.69) is 11.6 Å². The van der Waals surface area contributed by atoms with E-state index in [1.54, 1.807) is 18.2 Å². The van der Waals surface area contributed by atoms with Gasteiger partial charge in [0.25, 0.3) is 0 Å². The van der Waals surface area contributed by atoms with Crippen molar-refractivity contribution >= 4 is 15.7 Å². The lowest BCUT2D eigenvalue weighted by atomic mass is 10.1. The van der Waals surface area contributed by atoms with Gasteiger partial charge in [0.2, 0.25) is 10.0 Å². The van der Waals surface area contributed by atoms with Crippen LogP contribution in [0.2, 0.25) is 0 Å². The van der Waals surface area contributed by atoms with Crippen LogP contribution in [0.25, 0.3) is 0 Å². The van der Waals surface area contributed by atoms with E-state index in [9.17, 15) is 8.42 Å². The van der Waals surface area contributed by atoms with E-state index >= 15 is 0 Å². The normalized spacial score (nSPS) is 11.7. The maximum atomic E-state index is 12.3. The highest BCUT2D eigenvalue weighted by Crippen LogP contribution is 2.19. The third kappa shape index (κ3) is 6.06. The lowest BCUT2D eigenvalue weighted by Crippen LogP contribution is -2.26. The van der Waals surface area contributed by atoms with Crippen molar-refractivity contribution in [2.24, 2.45) is 0 Å². The molecule has 4 nitrogen and oxygen atoms in total. The lowest BCUT2D eigenvalue weighted by molar-refractivity contribution is 0.567. The molecule has 0 aliphatic carbocycles. The number of nitrogens with one attached hydrogen (secondary N) is 1. The highest BCUT2D eigenvalue weighted by Gasteiger charge is 2.17. The first-order chi connectivity index (χ1) is 10.0. The number of aryl methyl sites for hydroxylation is 1. The Bertz CT molecular complexity index is 527. The fraction of sp³-hybridized carbons (Fsp3) is 0.625. The van der Waals surface area contributed by atoms with Crippen LogP contribution in [0, 0.1) is 0 Å². The zero-order valence-corrected chi connectivity index (χ0v) is 14.0. The Hall–Kier alpha value is -1.07. The van der Waals surface area contributed by atoms with Gasteiger partial charge in [0, 0.05) is 12.2 Å². The predicted molar refractivity (Wildman–Crippen MR) is 88.8 cm³/mol. The molecule has 0 fully saturated rings. The molecular weight excluding hydrogens is 284 g/mol. The molecule has 0 aliphatic heterocycles. The molecule has 3 N–H and O–H groups in total. The maximum absolute atomic E-state index is 12.3. The van der Waals surface area contributed by atoms with E-state index < -0.39 is 10.0 Å². The Morgan fingerprint density at radius 3 is 2.38 bits per heavy atom. The van der Waals surface area contributed by atoms with E-state index in [0.29, 0.717) is 23.5 Å². The van der Waals surface area contributed by atoms with Gasteiger partial charge in [-0.15, -0.1) is 0 Å². The maximum Gasteiger partial charge on any atom is 0.240 e. The molecule has 0 amide bonds. The van der Waals surface area contributed by atoms with Crippen LogP contribution in [-0.2, 0) is 16.4 Å². The van der Waals surface area contributed by atoms with E-state index in [0.717, 1.165) is 18.4 Å². The summed E-state index contributed by atoms with van der Waals surface area (Å²) >= 11 is 0. The summed E-state index contributed by atoms with van der Waals surface area (Å²) in [7, 11) is -3.45. The Morgan fingerprint density at radius 1 is 1.05 bits per heavy atom. The zero-order chi connectivity index (χ0) is 15.7. The van der Waals surface area contributed by atoms with E-state index in [4.69, 9.17) is 5.73 Å². The minimum absolute atomic E-state index is 0.316. The molecule has 5 heteroatoms. The van der Waals surface area contributed by atoms with Gasteiger partial charge >= 0.3 is 0 Å². The van der Waals surface area contributed by atoms with Crippen LogP contribution in [0.3, 0.4) is 0 Å². The molecule has 0 saturated heterocycles. The Balaban J connectivity index is 2.52. The summed E-state index contributed by atoms with van der Waals surface area (Å²) < 4.78 is 27.4. The third-order valence-electron chi connectivity index (χ3n) is 3.58. The molecule has 21 heavy (non-hydrogen) atoms. The molecule has 0 unspecified atom stereocenters. The number of nitrogens with two attached hydrogens (primary N) is 1. The molecule has 1 aromatic rings. The number of hydrogen-bond acceptors (Lipinski definition) is 3. The van der Waals surface area contributed by atoms with Gasteiger partial charge in [0.05, 0.1) is 4.90 Å². The summed E-state index contributed by atoms with van der Waals surface area (Å²) in [6.07, 6.45) is 7.52. The molecule has 0 aromatic heterocycles. The fourth-order valence-electron chi connectivity index (χ4n) is 2.30. The summed E-state index contributed by atoms with van der Waals surface area (Å²) in [4.78, 5) is 0.316. The Kier molecular flexibility index (Phi) is 7.75. The molecule has 0 saturated carbocycles. The molecule has 0 heterocycles. The first-order valence-electron chi connectivity index (χ1n) is 7.89. The van der Waals surface area contributed by atoms with Gasteiger partial charge in [-0.25, -0.2) is 13.1 Å². The number of unbranched alkanes of at least 4 members (excludes halogenated alkanes) is 5. The topological polar surface area (TPSA) is 72.2 Å². The van der Waals surface area contributed by atoms with Gasteiger partial charge in [-0.05, 0) is 30.5 Å². The highest BCUT2D eigenvalue weighted by atomic mass is 32.2. The Morgan fingerprint density at radius 2 is 1.71 bits per heavy atom. The minimum Gasteiger partial charge on any atom is -0.399 e. The van der Waals surface area contributed by atoms with Crippen LogP contribution in [0.15, 0.2) is 23.1 Å². The van der Waals surface area contributed by atoms with Crippen LogP contribution in [0.4, 0.5) is 5.69 Å². The van der Waals surface area contributed by atoms with Gasteiger partial charge in [0.1, 0.15) is 0 Å². The van der Waals surface area contributed by atoms with Crippen molar-refractivity contribution in [1.82, 2.24) is 4.72 Å². The van der Waals surface area contributed by atoms with Crippen LogP contribution in [0.5, 0.6) is 0 Å². The van der Waals surface area contributed by atoms with Crippen LogP contribution < -0.4 is 10.5 Å². The summed E-state index contributed by atoms with van der Waals surface area (Å²) in [5, 5.41) is 0. The number of benzene rings is 1. The highest BCUT2D eigenvalue weighted by molar-refractivity contribution is 7.89. The zero-order valence-electron chi connectivity index (χ0n) is 13.2. The summed E-state index contributed by atoms with van der Waals surface area (Å²) in [5.41, 5.74) is 6.99. The SMILES string of the molecule is CCCCCCCCNS(=O)(=O)c1cc(N)ccc1CC. The third-order valence-corrected chi connectivity index (χ3v) is 5.13. The van der Waals surface area contributed by atoms with Crippen molar-refractivity contribution in [1.29, 1.82) is 0 Å². The van der Waals surface area contributed by atoms with Crippen molar-refractivity contribution in [3.63, 3.8) is 0 Å². The van der Waals surface area contributed by atoms with E-state index in [-0.39, 0.29) is 0 Å². The Labute approximate surface area is 129 Å². The fourth-order valence-corrected chi connectivity index (χ4v) is 3.72. The van der Waals surface area contributed by atoms with Gasteiger partial charge in [-0.2, -0.15) is 0 Å². The largest absolute Gasteiger partial charge is 0.399 e. The number of rotatable bonds is 10. The molecule has 0 bridgehead atoms. The molecule has 0 radical (unpaired) electrons. The minimum atomic E-state index is -3.45. The van der Waals surface area contributed by atoms with Crippen molar-refractivity contribution in [3.05, 3.63) is 23.8 Å². The second kappa shape index (κ2) is 9.05.